The van der Waals surface area contributed by atoms with Crippen molar-refractivity contribution in [1.29, 1.82) is 0 Å². The fourth-order valence-electron chi connectivity index (χ4n) is 2.59. The maximum absolute atomic E-state index is 11.9. The van der Waals surface area contributed by atoms with Gasteiger partial charge >= 0.3 is 5.97 Å². The summed E-state index contributed by atoms with van der Waals surface area (Å²) in [6.45, 7) is 4.12. The van der Waals surface area contributed by atoms with Gasteiger partial charge in [-0.15, -0.1) is 0 Å². The van der Waals surface area contributed by atoms with Gasteiger partial charge in [0.1, 0.15) is 0 Å². The second-order valence-electron chi connectivity index (χ2n) is 5.56. The highest BCUT2D eigenvalue weighted by Crippen LogP contribution is 2.25. The molecule has 0 aromatic heterocycles. The minimum atomic E-state index is -0.400. The Hall–Kier alpha value is -2.11. The van der Waals surface area contributed by atoms with Crippen molar-refractivity contribution in [2.45, 2.75) is 32.6 Å². The number of ether oxygens (including phenoxy) is 1. The van der Waals surface area contributed by atoms with E-state index in [0.29, 0.717) is 6.61 Å². The lowest BCUT2D eigenvalue weighted by atomic mass is 9.96. The third-order valence-corrected chi connectivity index (χ3v) is 4.00. The number of nitro benzene ring substituents is 1. The fourth-order valence-corrected chi connectivity index (χ4v) is 2.59. The summed E-state index contributed by atoms with van der Waals surface area (Å²) in [7, 11) is 0. The number of carbonyl (C=O) groups excluding carboxylic acids is 1. The number of benzene rings is 1. The number of hydrogen-bond donors (Lipinski definition) is 0. The molecule has 6 heteroatoms. The van der Waals surface area contributed by atoms with Gasteiger partial charge < -0.3 is 9.64 Å². The van der Waals surface area contributed by atoms with E-state index < -0.39 is 4.92 Å². The maximum Gasteiger partial charge on any atom is 0.309 e. The topological polar surface area (TPSA) is 72.7 Å². The Morgan fingerprint density at radius 3 is 2.50 bits per heavy atom. The van der Waals surface area contributed by atoms with Crippen LogP contribution >= 0.6 is 0 Å². The maximum atomic E-state index is 11.9. The van der Waals surface area contributed by atoms with Crippen LogP contribution < -0.4 is 4.90 Å². The Morgan fingerprint density at radius 1 is 1.32 bits per heavy atom. The highest BCUT2D eigenvalue weighted by atomic mass is 16.6. The number of anilines is 1. The lowest BCUT2D eigenvalue weighted by Crippen LogP contribution is -2.37. The predicted octanol–water partition coefficient (Wildman–Crippen LogP) is 3.15. The molecule has 0 bridgehead atoms. The molecule has 22 heavy (non-hydrogen) atoms. The molecule has 0 spiro atoms. The van der Waals surface area contributed by atoms with E-state index in [-0.39, 0.29) is 17.6 Å². The summed E-state index contributed by atoms with van der Waals surface area (Å²) in [6, 6.07) is 6.55. The number of carbonyl (C=O) groups is 1. The van der Waals surface area contributed by atoms with Crippen LogP contribution in [0.5, 0.6) is 0 Å². The first-order chi connectivity index (χ1) is 10.6. The number of nitrogens with zero attached hydrogens (tertiary/aromatic N) is 2. The third-order valence-electron chi connectivity index (χ3n) is 4.00. The van der Waals surface area contributed by atoms with Crippen LogP contribution in [0, 0.1) is 16.0 Å². The molecule has 0 radical (unpaired) electrons. The molecule has 0 atom stereocenters. The molecule has 0 amide bonds. The van der Waals surface area contributed by atoms with Gasteiger partial charge in [-0.05, 0) is 31.4 Å². The minimum Gasteiger partial charge on any atom is -0.465 e. The van der Waals surface area contributed by atoms with Crippen LogP contribution in [0.15, 0.2) is 24.3 Å². The molecule has 1 aliphatic heterocycles. The summed E-state index contributed by atoms with van der Waals surface area (Å²) in [5, 5.41) is 10.7. The Morgan fingerprint density at radius 2 is 1.95 bits per heavy atom. The monoisotopic (exact) mass is 306 g/mol. The van der Waals surface area contributed by atoms with E-state index in [1.54, 1.807) is 12.1 Å². The number of non-ortho nitro benzene ring substituents is 1. The number of rotatable bonds is 6. The molecule has 1 heterocycles. The van der Waals surface area contributed by atoms with E-state index in [9.17, 15) is 14.9 Å². The number of unbranched alkanes of at least 4 members (excludes halogenated alkanes) is 1. The first-order valence-electron chi connectivity index (χ1n) is 7.78. The zero-order chi connectivity index (χ0) is 15.9. The highest BCUT2D eigenvalue weighted by Gasteiger charge is 2.26. The SMILES string of the molecule is CCCCOC(=O)C1CCN(c2ccc([N+](=O)[O-])cc2)CC1. The Bertz CT molecular complexity index is 507. The Balaban J connectivity index is 1.83. The van der Waals surface area contributed by atoms with Gasteiger partial charge in [-0.3, -0.25) is 14.9 Å². The molecule has 1 fully saturated rings. The van der Waals surface area contributed by atoms with E-state index >= 15 is 0 Å². The molecule has 1 aromatic rings. The summed E-state index contributed by atoms with van der Waals surface area (Å²) in [5.74, 6) is -0.108. The van der Waals surface area contributed by atoms with Gasteiger partial charge in [0, 0.05) is 30.9 Å². The van der Waals surface area contributed by atoms with Gasteiger partial charge in [0.25, 0.3) is 5.69 Å². The molecule has 1 saturated heterocycles. The standard InChI is InChI=1S/C16H22N2O4/c1-2-3-12-22-16(19)13-8-10-17(11-9-13)14-4-6-15(7-5-14)18(20)21/h4-7,13H,2-3,8-12H2,1H3. The summed E-state index contributed by atoms with van der Waals surface area (Å²) >= 11 is 0. The summed E-state index contributed by atoms with van der Waals surface area (Å²) in [4.78, 5) is 24.3. The zero-order valence-electron chi connectivity index (χ0n) is 12.9. The van der Waals surface area contributed by atoms with Crippen molar-refractivity contribution in [2.75, 3.05) is 24.6 Å². The average Bonchev–Trinajstić information content (AvgIpc) is 2.55. The molecule has 0 unspecified atom stereocenters. The fraction of sp³-hybridized carbons (Fsp3) is 0.562. The third kappa shape index (κ3) is 4.19. The van der Waals surface area contributed by atoms with Gasteiger partial charge in [-0.25, -0.2) is 0 Å². The van der Waals surface area contributed by atoms with Crippen molar-refractivity contribution in [1.82, 2.24) is 0 Å². The smallest absolute Gasteiger partial charge is 0.309 e. The van der Waals surface area contributed by atoms with Crippen molar-refractivity contribution >= 4 is 17.3 Å². The van der Waals surface area contributed by atoms with Crippen molar-refractivity contribution in [3.63, 3.8) is 0 Å². The molecular formula is C16H22N2O4. The van der Waals surface area contributed by atoms with Crippen molar-refractivity contribution in [3.05, 3.63) is 34.4 Å². The molecule has 120 valence electrons. The highest BCUT2D eigenvalue weighted by molar-refractivity contribution is 5.73. The second kappa shape index (κ2) is 7.77. The summed E-state index contributed by atoms with van der Waals surface area (Å²) < 4.78 is 5.27. The van der Waals surface area contributed by atoms with Crippen LogP contribution in [0.3, 0.4) is 0 Å². The minimum absolute atomic E-state index is 0.0221. The summed E-state index contributed by atoms with van der Waals surface area (Å²) in [6.07, 6.45) is 3.46. The van der Waals surface area contributed by atoms with Crippen LogP contribution in [0.2, 0.25) is 0 Å². The molecular weight excluding hydrogens is 284 g/mol. The van der Waals surface area contributed by atoms with Crippen molar-refractivity contribution < 1.29 is 14.5 Å². The van der Waals surface area contributed by atoms with Gasteiger partial charge in [-0.2, -0.15) is 0 Å². The van der Waals surface area contributed by atoms with Crippen LogP contribution in [0.1, 0.15) is 32.6 Å². The van der Waals surface area contributed by atoms with Crippen molar-refractivity contribution in [3.8, 4) is 0 Å². The Labute approximate surface area is 130 Å². The Kier molecular flexibility index (Phi) is 5.75. The number of hydrogen-bond acceptors (Lipinski definition) is 5. The van der Waals surface area contributed by atoms with Crippen LogP contribution in [-0.4, -0.2) is 30.6 Å². The van der Waals surface area contributed by atoms with E-state index in [1.165, 1.54) is 12.1 Å². The molecule has 1 aliphatic rings. The number of nitro groups is 1. The molecule has 1 aromatic carbocycles. The largest absolute Gasteiger partial charge is 0.465 e. The molecule has 0 N–H and O–H groups in total. The lowest BCUT2D eigenvalue weighted by Gasteiger charge is -2.32. The number of piperidine rings is 1. The molecule has 0 saturated carbocycles. The quantitative estimate of drug-likeness (QED) is 0.349. The van der Waals surface area contributed by atoms with E-state index in [0.717, 1.165) is 44.5 Å². The van der Waals surface area contributed by atoms with Gasteiger partial charge in [0.15, 0.2) is 0 Å². The van der Waals surface area contributed by atoms with Crippen LogP contribution in [0.4, 0.5) is 11.4 Å². The van der Waals surface area contributed by atoms with E-state index in [1.807, 2.05) is 0 Å². The first kappa shape index (κ1) is 16.3. The van der Waals surface area contributed by atoms with Crippen LogP contribution in [-0.2, 0) is 9.53 Å². The van der Waals surface area contributed by atoms with E-state index in [2.05, 4.69) is 11.8 Å². The molecule has 2 rings (SSSR count). The van der Waals surface area contributed by atoms with Gasteiger partial charge in [0.05, 0.1) is 17.4 Å². The average molecular weight is 306 g/mol. The predicted molar refractivity (Wildman–Crippen MR) is 83.9 cm³/mol. The van der Waals surface area contributed by atoms with E-state index in [4.69, 9.17) is 4.74 Å². The zero-order valence-corrected chi connectivity index (χ0v) is 12.9. The first-order valence-corrected chi connectivity index (χ1v) is 7.78. The van der Waals surface area contributed by atoms with Gasteiger partial charge in [-0.1, -0.05) is 13.3 Å². The number of esters is 1. The van der Waals surface area contributed by atoms with Crippen molar-refractivity contribution in [2.24, 2.45) is 5.92 Å². The van der Waals surface area contributed by atoms with Crippen LogP contribution in [0.25, 0.3) is 0 Å². The molecule has 6 nitrogen and oxygen atoms in total. The normalized spacial score (nSPS) is 15.6. The van der Waals surface area contributed by atoms with Gasteiger partial charge in [0.2, 0.25) is 0 Å². The molecule has 0 aliphatic carbocycles. The second-order valence-corrected chi connectivity index (χ2v) is 5.56. The lowest BCUT2D eigenvalue weighted by molar-refractivity contribution is -0.384. The summed E-state index contributed by atoms with van der Waals surface area (Å²) in [5.41, 5.74) is 1.06.